The van der Waals surface area contributed by atoms with Crippen LogP contribution < -0.4 is 9.64 Å². The zero-order valence-corrected chi connectivity index (χ0v) is 15.3. The number of hydrogen-bond donors (Lipinski definition) is 0. The summed E-state index contributed by atoms with van der Waals surface area (Å²) in [5.41, 5.74) is 5.24. The van der Waals surface area contributed by atoms with E-state index in [0.717, 1.165) is 39.6 Å². The Kier molecular flexibility index (Phi) is 3.40. The minimum atomic E-state index is 0.544. The van der Waals surface area contributed by atoms with E-state index in [-0.39, 0.29) is 0 Å². The van der Waals surface area contributed by atoms with E-state index in [9.17, 15) is 0 Å². The van der Waals surface area contributed by atoms with Crippen LogP contribution in [0.2, 0.25) is 0 Å². The van der Waals surface area contributed by atoms with Gasteiger partial charge in [-0.2, -0.15) is 0 Å². The highest BCUT2D eigenvalue weighted by atomic mass is 16.5. The maximum absolute atomic E-state index is 6.08. The van der Waals surface area contributed by atoms with Crippen LogP contribution in [0, 0.1) is 0 Å². The van der Waals surface area contributed by atoms with Crippen LogP contribution in [0.25, 0.3) is 22.7 Å². The topological polar surface area (TPSA) is 51.4 Å². The molecule has 1 aliphatic rings. The molecule has 3 aromatic carbocycles. The summed E-state index contributed by atoms with van der Waals surface area (Å²) in [5.74, 6) is 2.23. The third-order valence-corrected chi connectivity index (χ3v) is 4.97. The van der Waals surface area contributed by atoms with E-state index in [1.165, 1.54) is 0 Å². The van der Waals surface area contributed by atoms with Crippen LogP contribution in [0.5, 0.6) is 11.5 Å². The molecule has 0 radical (unpaired) electrons. The third kappa shape index (κ3) is 2.56. The quantitative estimate of drug-likeness (QED) is 0.346. The molecular formula is C24H15N3O2. The SMILES string of the molecule is c1ccc2c(c1)Oc1ccccc1N2c1ccc(-c2nc3cccnc3o2)cc1. The molecule has 2 aromatic heterocycles. The molecule has 0 aliphatic carbocycles. The minimum absolute atomic E-state index is 0.544. The molecular weight excluding hydrogens is 362 g/mol. The molecule has 0 atom stereocenters. The average Bonchev–Trinajstić information content (AvgIpc) is 3.22. The molecule has 0 saturated carbocycles. The first kappa shape index (κ1) is 15.9. The van der Waals surface area contributed by atoms with Gasteiger partial charge in [0.15, 0.2) is 11.5 Å². The maximum atomic E-state index is 6.08. The lowest BCUT2D eigenvalue weighted by Gasteiger charge is -2.32. The molecule has 3 heterocycles. The number of aromatic nitrogens is 2. The summed E-state index contributed by atoms with van der Waals surface area (Å²) in [5, 5.41) is 0. The smallest absolute Gasteiger partial charge is 0.247 e. The van der Waals surface area contributed by atoms with E-state index in [4.69, 9.17) is 9.15 Å². The van der Waals surface area contributed by atoms with Gasteiger partial charge in [-0.25, -0.2) is 9.97 Å². The van der Waals surface area contributed by atoms with E-state index < -0.39 is 0 Å². The van der Waals surface area contributed by atoms with Gasteiger partial charge >= 0.3 is 0 Å². The van der Waals surface area contributed by atoms with Gasteiger partial charge in [0.1, 0.15) is 5.52 Å². The monoisotopic (exact) mass is 377 g/mol. The van der Waals surface area contributed by atoms with Gasteiger partial charge in [-0.3, -0.25) is 0 Å². The number of ether oxygens (including phenoxy) is 1. The van der Waals surface area contributed by atoms with Crippen molar-refractivity contribution in [2.75, 3.05) is 4.90 Å². The van der Waals surface area contributed by atoms with Crippen molar-refractivity contribution in [3.8, 4) is 23.0 Å². The van der Waals surface area contributed by atoms with Gasteiger partial charge in [-0.1, -0.05) is 24.3 Å². The molecule has 0 amide bonds. The van der Waals surface area contributed by atoms with Gasteiger partial charge in [0.05, 0.1) is 11.4 Å². The zero-order chi connectivity index (χ0) is 19.2. The van der Waals surface area contributed by atoms with Gasteiger partial charge in [0.2, 0.25) is 11.6 Å². The molecule has 0 N–H and O–H groups in total. The van der Waals surface area contributed by atoms with Crippen molar-refractivity contribution in [3.63, 3.8) is 0 Å². The number of oxazole rings is 1. The molecule has 0 spiro atoms. The molecule has 0 unspecified atom stereocenters. The largest absolute Gasteiger partial charge is 0.453 e. The summed E-state index contributed by atoms with van der Waals surface area (Å²) < 4.78 is 11.9. The van der Waals surface area contributed by atoms with Crippen molar-refractivity contribution < 1.29 is 9.15 Å². The summed E-state index contributed by atoms with van der Waals surface area (Å²) >= 11 is 0. The molecule has 5 heteroatoms. The van der Waals surface area contributed by atoms with Crippen LogP contribution in [0.3, 0.4) is 0 Å². The number of anilines is 3. The average molecular weight is 377 g/mol. The normalized spacial score (nSPS) is 12.3. The van der Waals surface area contributed by atoms with E-state index in [1.54, 1.807) is 6.20 Å². The van der Waals surface area contributed by atoms with Gasteiger partial charge in [-0.15, -0.1) is 0 Å². The van der Waals surface area contributed by atoms with E-state index in [2.05, 4.69) is 39.1 Å². The molecule has 0 saturated heterocycles. The summed E-state index contributed by atoms with van der Waals surface area (Å²) in [4.78, 5) is 11.0. The number of benzene rings is 3. The van der Waals surface area contributed by atoms with E-state index in [1.807, 2.05) is 60.7 Å². The molecule has 0 bridgehead atoms. The van der Waals surface area contributed by atoms with Crippen LogP contribution in [0.1, 0.15) is 0 Å². The molecule has 5 nitrogen and oxygen atoms in total. The Morgan fingerprint density at radius 3 is 2.07 bits per heavy atom. The van der Waals surface area contributed by atoms with E-state index in [0.29, 0.717) is 11.6 Å². The Balaban J connectivity index is 1.44. The highest BCUT2D eigenvalue weighted by Gasteiger charge is 2.25. The summed E-state index contributed by atoms with van der Waals surface area (Å²) in [6.07, 6.45) is 1.70. The van der Waals surface area contributed by atoms with Crippen molar-refractivity contribution >= 4 is 28.3 Å². The molecule has 0 fully saturated rings. The molecule has 138 valence electrons. The van der Waals surface area contributed by atoms with Gasteiger partial charge in [0, 0.05) is 17.4 Å². The first-order valence-corrected chi connectivity index (χ1v) is 9.35. The molecule has 6 rings (SSSR count). The van der Waals surface area contributed by atoms with Crippen molar-refractivity contribution in [3.05, 3.63) is 91.1 Å². The molecule has 29 heavy (non-hydrogen) atoms. The highest BCUT2D eigenvalue weighted by Crippen LogP contribution is 2.50. The highest BCUT2D eigenvalue weighted by molar-refractivity contribution is 5.86. The second-order valence-corrected chi connectivity index (χ2v) is 6.77. The number of hydrogen-bond acceptors (Lipinski definition) is 5. The lowest BCUT2D eigenvalue weighted by atomic mass is 10.1. The Morgan fingerprint density at radius 2 is 1.38 bits per heavy atom. The van der Waals surface area contributed by atoms with E-state index >= 15 is 0 Å². The Morgan fingerprint density at radius 1 is 0.690 bits per heavy atom. The molecule has 5 aromatic rings. The number of rotatable bonds is 2. The Hall–Kier alpha value is -4.12. The zero-order valence-electron chi connectivity index (χ0n) is 15.3. The lowest BCUT2D eigenvalue weighted by Crippen LogP contribution is -2.15. The second kappa shape index (κ2) is 6.21. The van der Waals surface area contributed by atoms with Gasteiger partial charge < -0.3 is 14.1 Å². The lowest BCUT2D eigenvalue weighted by molar-refractivity contribution is 0.477. The summed E-state index contributed by atoms with van der Waals surface area (Å²) in [6, 6.07) is 28.0. The summed E-state index contributed by atoms with van der Waals surface area (Å²) in [7, 11) is 0. The standard InChI is InChI=1S/C24H15N3O2/c1-3-9-21-19(7-1)27(20-8-2-4-10-22(20)28-21)17-13-11-16(12-14-17)23-26-18-6-5-15-25-24(18)29-23/h1-15H. The van der Waals surface area contributed by atoms with Crippen LogP contribution >= 0.6 is 0 Å². The van der Waals surface area contributed by atoms with Crippen molar-refractivity contribution in [2.45, 2.75) is 0 Å². The fraction of sp³-hybridized carbons (Fsp3) is 0. The van der Waals surface area contributed by atoms with Crippen molar-refractivity contribution in [2.24, 2.45) is 0 Å². The van der Waals surface area contributed by atoms with Gasteiger partial charge in [-0.05, 0) is 60.7 Å². The number of pyridine rings is 1. The fourth-order valence-corrected chi connectivity index (χ4v) is 3.63. The molecule has 1 aliphatic heterocycles. The predicted molar refractivity (Wildman–Crippen MR) is 112 cm³/mol. The number of para-hydroxylation sites is 4. The Bertz CT molecular complexity index is 1260. The van der Waals surface area contributed by atoms with Gasteiger partial charge in [0.25, 0.3) is 0 Å². The third-order valence-electron chi connectivity index (χ3n) is 4.97. The van der Waals surface area contributed by atoms with Crippen LogP contribution in [0.15, 0.2) is 95.5 Å². The number of nitrogens with zero attached hydrogens (tertiary/aromatic N) is 3. The fourth-order valence-electron chi connectivity index (χ4n) is 3.63. The number of fused-ring (bicyclic) bond motifs is 3. The minimum Gasteiger partial charge on any atom is -0.453 e. The Labute approximate surface area is 166 Å². The van der Waals surface area contributed by atoms with Crippen LogP contribution in [-0.2, 0) is 0 Å². The predicted octanol–water partition coefficient (Wildman–Crippen LogP) is 6.47. The van der Waals surface area contributed by atoms with Crippen molar-refractivity contribution in [1.29, 1.82) is 0 Å². The summed E-state index contributed by atoms with van der Waals surface area (Å²) in [6.45, 7) is 0. The van der Waals surface area contributed by atoms with Crippen LogP contribution in [-0.4, -0.2) is 9.97 Å². The maximum Gasteiger partial charge on any atom is 0.247 e. The van der Waals surface area contributed by atoms with Crippen LogP contribution in [0.4, 0.5) is 17.1 Å². The second-order valence-electron chi connectivity index (χ2n) is 6.77. The first-order valence-electron chi connectivity index (χ1n) is 9.35. The van der Waals surface area contributed by atoms with Crippen molar-refractivity contribution in [1.82, 2.24) is 9.97 Å². The first-order chi connectivity index (χ1) is 14.4.